The third-order valence-electron chi connectivity index (χ3n) is 2.32. The average Bonchev–Trinajstić information content (AvgIpc) is 2.85. The summed E-state index contributed by atoms with van der Waals surface area (Å²) in [6.07, 6.45) is 0. The number of urea groups is 1. The number of carbonyl (C=O) groups excluding carboxylic acids is 1. The number of nitrogens with zero attached hydrogens (tertiary/aromatic N) is 1. The van der Waals surface area contributed by atoms with Gasteiger partial charge < -0.3 is 20.1 Å². The molecule has 6 nitrogen and oxygen atoms in total. The number of carboxylic acid groups (broad SMARTS) is 1. The van der Waals surface area contributed by atoms with Gasteiger partial charge in [0.15, 0.2) is 6.04 Å². The highest BCUT2D eigenvalue weighted by atomic mass is 32.1. The highest BCUT2D eigenvalue weighted by Gasteiger charge is 2.24. The van der Waals surface area contributed by atoms with Crippen molar-refractivity contribution in [2.24, 2.45) is 0 Å². The molecule has 1 atom stereocenters. The van der Waals surface area contributed by atoms with Crippen LogP contribution >= 0.6 is 11.3 Å². The fraction of sp³-hybridized carbons (Fsp3) is 0.455. The smallest absolute Gasteiger partial charge is 0.331 e. The van der Waals surface area contributed by atoms with E-state index in [1.54, 1.807) is 24.6 Å². The summed E-state index contributed by atoms with van der Waals surface area (Å²) < 4.78 is 4.85. The molecular formula is C11H16N2O4S. The van der Waals surface area contributed by atoms with Gasteiger partial charge in [-0.3, -0.25) is 0 Å². The van der Waals surface area contributed by atoms with Gasteiger partial charge in [-0.1, -0.05) is 6.07 Å². The molecule has 0 radical (unpaired) electrons. The maximum Gasteiger partial charge on any atom is 0.331 e. The Hall–Kier alpha value is -1.60. The summed E-state index contributed by atoms with van der Waals surface area (Å²) in [5.74, 6) is -1.08. The molecule has 0 saturated heterocycles. The summed E-state index contributed by atoms with van der Waals surface area (Å²) in [4.78, 5) is 24.9. The predicted octanol–water partition coefficient (Wildman–Crippen LogP) is 1.16. The molecule has 0 aliphatic carbocycles. The Morgan fingerprint density at radius 3 is 2.83 bits per heavy atom. The van der Waals surface area contributed by atoms with Gasteiger partial charge in [-0.05, 0) is 11.4 Å². The Balaban J connectivity index is 2.62. The Morgan fingerprint density at radius 2 is 2.33 bits per heavy atom. The van der Waals surface area contributed by atoms with E-state index in [4.69, 9.17) is 9.84 Å². The number of rotatable bonds is 6. The molecule has 0 saturated carbocycles. The average molecular weight is 272 g/mol. The second-order valence-electron chi connectivity index (χ2n) is 3.65. The number of methoxy groups -OCH3 is 1. The predicted molar refractivity (Wildman–Crippen MR) is 67.7 cm³/mol. The van der Waals surface area contributed by atoms with Crippen molar-refractivity contribution in [3.8, 4) is 0 Å². The lowest BCUT2D eigenvalue weighted by molar-refractivity contribution is -0.139. The van der Waals surface area contributed by atoms with Crippen LogP contribution in [-0.2, 0) is 9.53 Å². The van der Waals surface area contributed by atoms with Gasteiger partial charge in [0.1, 0.15) is 0 Å². The highest BCUT2D eigenvalue weighted by molar-refractivity contribution is 7.10. The lowest BCUT2D eigenvalue weighted by Gasteiger charge is -2.20. The molecule has 100 valence electrons. The van der Waals surface area contributed by atoms with Crippen LogP contribution in [0.2, 0.25) is 0 Å². The van der Waals surface area contributed by atoms with E-state index in [-0.39, 0.29) is 0 Å². The molecule has 1 aromatic rings. The maximum absolute atomic E-state index is 11.8. The first-order valence-electron chi connectivity index (χ1n) is 5.33. The van der Waals surface area contributed by atoms with Crippen LogP contribution in [0.3, 0.4) is 0 Å². The SMILES string of the molecule is COCCN(C)C(=O)NC(C(=O)O)c1cccs1. The fourth-order valence-corrected chi connectivity index (χ4v) is 2.04. The van der Waals surface area contributed by atoms with Crippen molar-refractivity contribution in [2.75, 3.05) is 27.3 Å². The first-order chi connectivity index (χ1) is 8.56. The zero-order valence-corrected chi connectivity index (χ0v) is 11.1. The highest BCUT2D eigenvalue weighted by Crippen LogP contribution is 2.19. The quantitative estimate of drug-likeness (QED) is 0.814. The van der Waals surface area contributed by atoms with E-state index in [1.165, 1.54) is 23.3 Å². The van der Waals surface area contributed by atoms with Crippen molar-refractivity contribution in [1.29, 1.82) is 0 Å². The van der Waals surface area contributed by atoms with E-state index in [9.17, 15) is 9.59 Å². The zero-order valence-electron chi connectivity index (χ0n) is 10.3. The summed E-state index contributed by atoms with van der Waals surface area (Å²) in [6.45, 7) is 0.805. The molecule has 1 rings (SSSR count). The van der Waals surface area contributed by atoms with Gasteiger partial charge in [-0.2, -0.15) is 0 Å². The van der Waals surface area contributed by atoms with Crippen LogP contribution in [0.15, 0.2) is 17.5 Å². The Morgan fingerprint density at radius 1 is 1.61 bits per heavy atom. The third-order valence-corrected chi connectivity index (χ3v) is 3.26. The Labute approximate surface area is 109 Å². The number of ether oxygens (including phenoxy) is 1. The molecule has 1 unspecified atom stereocenters. The van der Waals surface area contributed by atoms with Gasteiger partial charge in [-0.25, -0.2) is 9.59 Å². The van der Waals surface area contributed by atoms with Crippen molar-refractivity contribution >= 4 is 23.3 Å². The van der Waals surface area contributed by atoms with Gasteiger partial charge in [0.05, 0.1) is 6.61 Å². The molecule has 2 amide bonds. The van der Waals surface area contributed by atoms with Gasteiger partial charge in [-0.15, -0.1) is 11.3 Å². The maximum atomic E-state index is 11.8. The van der Waals surface area contributed by atoms with Crippen LogP contribution in [0.4, 0.5) is 4.79 Å². The van der Waals surface area contributed by atoms with E-state index in [1.807, 2.05) is 0 Å². The number of likely N-dealkylation sites (N-methyl/N-ethyl adjacent to an activating group) is 1. The van der Waals surface area contributed by atoms with E-state index < -0.39 is 18.0 Å². The number of carboxylic acids is 1. The standard InChI is InChI=1S/C11H16N2O4S/c1-13(5-6-17-2)11(16)12-9(10(14)15)8-4-3-7-18-8/h3-4,7,9H,5-6H2,1-2H3,(H,12,16)(H,14,15). The number of aliphatic carboxylic acids is 1. The lowest BCUT2D eigenvalue weighted by atomic mass is 10.2. The molecular weight excluding hydrogens is 256 g/mol. The van der Waals surface area contributed by atoms with Crippen LogP contribution in [0.25, 0.3) is 0 Å². The van der Waals surface area contributed by atoms with Crippen molar-refractivity contribution in [2.45, 2.75) is 6.04 Å². The van der Waals surface area contributed by atoms with Crippen LogP contribution < -0.4 is 5.32 Å². The molecule has 7 heteroatoms. The summed E-state index contributed by atoms with van der Waals surface area (Å²) in [5, 5.41) is 13.3. The molecule has 0 fully saturated rings. The van der Waals surface area contributed by atoms with Gasteiger partial charge in [0, 0.05) is 25.6 Å². The fourth-order valence-electron chi connectivity index (χ4n) is 1.27. The first-order valence-corrected chi connectivity index (χ1v) is 6.21. The van der Waals surface area contributed by atoms with Gasteiger partial charge in [0.2, 0.25) is 0 Å². The molecule has 0 bridgehead atoms. The van der Waals surface area contributed by atoms with Gasteiger partial charge in [0.25, 0.3) is 0 Å². The van der Waals surface area contributed by atoms with E-state index in [0.717, 1.165) is 0 Å². The molecule has 0 aromatic carbocycles. The monoisotopic (exact) mass is 272 g/mol. The van der Waals surface area contributed by atoms with Crippen LogP contribution in [0.5, 0.6) is 0 Å². The molecule has 0 spiro atoms. The van der Waals surface area contributed by atoms with E-state index >= 15 is 0 Å². The molecule has 0 aliphatic rings. The first kappa shape index (κ1) is 14.5. The summed E-state index contributed by atoms with van der Waals surface area (Å²) >= 11 is 1.29. The van der Waals surface area contributed by atoms with E-state index in [2.05, 4.69) is 5.32 Å². The van der Waals surface area contributed by atoms with Crippen LogP contribution in [0.1, 0.15) is 10.9 Å². The lowest BCUT2D eigenvalue weighted by Crippen LogP contribution is -2.42. The minimum Gasteiger partial charge on any atom is -0.479 e. The Kier molecular flexibility index (Phi) is 5.60. The van der Waals surface area contributed by atoms with Crippen LogP contribution in [-0.4, -0.2) is 49.3 Å². The number of carbonyl (C=O) groups is 2. The summed E-state index contributed by atoms with van der Waals surface area (Å²) in [6, 6.07) is 1.98. The topological polar surface area (TPSA) is 78.9 Å². The number of nitrogens with one attached hydrogen (secondary N) is 1. The minimum absolute atomic E-state index is 0.402. The van der Waals surface area contributed by atoms with Crippen molar-refractivity contribution in [3.63, 3.8) is 0 Å². The normalized spacial score (nSPS) is 11.9. The summed E-state index contributed by atoms with van der Waals surface area (Å²) in [7, 11) is 3.12. The second-order valence-corrected chi connectivity index (χ2v) is 4.63. The zero-order chi connectivity index (χ0) is 13.5. The number of hydrogen-bond acceptors (Lipinski definition) is 4. The minimum atomic E-state index is -1.08. The van der Waals surface area contributed by atoms with Crippen LogP contribution in [0, 0.1) is 0 Å². The molecule has 1 aromatic heterocycles. The number of amides is 2. The van der Waals surface area contributed by atoms with Crippen molar-refractivity contribution < 1.29 is 19.4 Å². The van der Waals surface area contributed by atoms with Crippen molar-refractivity contribution in [1.82, 2.24) is 10.2 Å². The molecule has 18 heavy (non-hydrogen) atoms. The largest absolute Gasteiger partial charge is 0.479 e. The van der Waals surface area contributed by atoms with E-state index in [0.29, 0.717) is 18.0 Å². The summed E-state index contributed by atoms with van der Waals surface area (Å²) in [5.41, 5.74) is 0. The molecule has 1 heterocycles. The Bertz CT molecular complexity index is 394. The van der Waals surface area contributed by atoms with Crippen molar-refractivity contribution in [3.05, 3.63) is 22.4 Å². The number of hydrogen-bond donors (Lipinski definition) is 2. The number of thiophene rings is 1. The van der Waals surface area contributed by atoms with Gasteiger partial charge >= 0.3 is 12.0 Å². The molecule has 2 N–H and O–H groups in total. The molecule has 0 aliphatic heterocycles. The second kappa shape index (κ2) is 6.97. The third kappa shape index (κ3) is 4.01.